The predicted octanol–water partition coefficient (Wildman–Crippen LogP) is 6.02. The number of amides is 2. The number of carbonyl (C=O) groups is 2. The van der Waals surface area contributed by atoms with Crippen LogP contribution in [0.5, 0.6) is 0 Å². The van der Waals surface area contributed by atoms with Gasteiger partial charge in [0.05, 0.1) is 16.1 Å². The van der Waals surface area contributed by atoms with Crippen LogP contribution in [0.1, 0.15) is 28.7 Å². The Morgan fingerprint density at radius 1 is 0.897 bits per heavy atom. The normalized spacial score (nSPS) is 14.8. The van der Waals surface area contributed by atoms with Gasteiger partial charge < -0.3 is 4.74 Å². The highest BCUT2D eigenvalue weighted by molar-refractivity contribution is 8.01. The van der Waals surface area contributed by atoms with E-state index in [2.05, 4.69) is 41.8 Å². The Bertz CT molecular complexity index is 1370. The van der Waals surface area contributed by atoms with E-state index in [-0.39, 0.29) is 30.0 Å². The Morgan fingerprint density at radius 2 is 1.44 bits per heavy atom. The fourth-order valence-electron chi connectivity index (χ4n) is 4.58. The van der Waals surface area contributed by atoms with Crippen molar-refractivity contribution in [1.82, 2.24) is 10.4 Å². The van der Waals surface area contributed by atoms with E-state index in [1.807, 2.05) is 54.6 Å². The van der Waals surface area contributed by atoms with Gasteiger partial charge in [-0.3, -0.25) is 14.9 Å². The van der Waals surface area contributed by atoms with Gasteiger partial charge in [-0.25, -0.2) is 15.2 Å². The Balaban J connectivity index is 1.39. The van der Waals surface area contributed by atoms with Crippen LogP contribution in [-0.4, -0.2) is 27.3 Å². The third kappa shape index (κ3) is 5.49. The first kappa shape index (κ1) is 26.0. The molecule has 1 atom stereocenters. The minimum atomic E-state index is -0.815. The fraction of sp³-hybridized carbons (Fsp3) is 0.133. The number of hydrazine groups is 1. The Labute approximate surface area is 229 Å². The maximum absolute atomic E-state index is 12.6. The highest BCUT2D eigenvalue weighted by Crippen LogP contribution is 2.52. The van der Waals surface area contributed by atoms with Crippen LogP contribution in [-0.2, 0) is 20.9 Å². The van der Waals surface area contributed by atoms with Gasteiger partial charge in [-0.15, -0.1) is 11.8 Å². The van der Waals surface area contributed by atoms with Crippen LogP contribution in [0, 0.1) is 10.1 Å². The van der Waals surface area contributed by atoms with Gasteiger partial charge in [0.15, 0.2) is 0 Å². The van der Waals surface area contributed by atoms with Crippen molar-refractivity contribution in [3.8, 4) is 0 Å². The molecule has 1 N–H and O–H groups in total. The first-order valence-corrected chi connectivity index (χ1v) is 13.2. The zero-order valence-corrected chi connectivity index (χ0v) is 21.6. The van der Waals surface area contributed by atoms with Crippen molar-refractivity contribution in [3.05, 3.63) is 148 Å². The molecule has 0 aromatic heterocycles. The van der Waals surface area contributed by atoms with Crippen molar-refractivity contribution in [1.29, 1.82) is 0 Å². The van der Waals surface area contributed by atoms with Gasteiger partial charge in [0.1, 0.15) is 12.0 Å². The molecule has 1 fully saturated rings. The number of benzene rings is 4. The van der Waals surface area contributed by atoms with Crippen LogP contribution in [0.4, 0.5) is 10.5 Å². The molecule has 196 valence electrons. The first-order valence-electron chi connectivity index (χ1n) is 12.3. The molecule has 2 amide bonds. The molecule has 4 aromatic rings. The van der Waals surface area contributed by atoms with E-state index in [1.54, 1.807) is 17.8 Å². The van der Waals surface area contributed by atoms with Crippen LogP contribution in [0.2, 0.25) is 0 Å². The summed E-state index contributed by atoms with van der Waals surface area (Å²) in [7, 11) is 0. The summed E-state index contributed by atoms with van der Waals surface area (Å²) < 4.78 is 4.61. The summed E-state index contributed by atoms with van der Waals surface area (Å²) in [5.41, 5.74) is 6.07. The van der Waals surface area contributed by atoms with Crippen molar-refractivity contribution in [3.63, 3.8) is 0 Å². The zero-order chi connectivity index (χ0) is 27.2. The van der Waals surface area contributed by atoms with Gasteiger partial charge in [-0.05, 0) is 22.3 Å². The molecule has 0 radical (unpaired) electrons. The number of hydrogen-bond donors (Lipinski definition) is 1. The molecule has 0 spiro atoms. The molecular formula is C30H25N3O5S. The van der Waals surface area contributed by atoms with Gasteiger partial charge in [0.2, 0.25) is 5.91 Å². The predicted molar refractivity (Wildman–Crippen MR) is 148 cm³/mol. The van der Waals surface area contributed by atoms with Crippen molar-refractivity contribution in [2.24, 2.45) is 0 Å². The Hall–Kier alpha value is -4.63. The summed E-state index contributed by atoms with van der Waals surface area (Å²) >= 11 is 1.57. The van der Waals surface area contributed by atoms with Crippen LogP contribution in [0.15, 0.2) is 115 Å². The number of β-lactam (4-membered cyclic amide) rings is 1. The molecule has 0 aliphatic carbocycles. The minimum absolute atomic E-state index is 0.0926. The van der Waals surface area contributed by atoms with E-state index in [9.17, 15) is 19.7 Å². The Morgan fingerprint density at radius 3 is 1.92 bits per heavy atom. The molecule has 1 saturated heterocycles. The van der Waals surface area contributed by atoms with E-state index in [1.165, 1.54) is 23.2 Å². The molecule has 1 aliphatic heterocycles. The SMILES string of the molecule is O=C(NN1C(=O)C[C@H]1SC(c1ccccc1)(c1ccccc1)c1ccccc1)OCc1cccc([N+](=O)[O-])c1. The molecule has 0 unspecified atom stereocenters. The van der Waals surface area contributed by atoms with Crippen molar-refractivity contribution in [2.75, 3.05) is 0 Å². The van der Waals surface area contributed by atoms with Gasteiger partial charge in [0.25, 0.3) is 5.69 Å². The van der Waals surface area contributed by atoms with E-state index in [0.717, 1.165) is 16.7 Å². The molecule has 5 rings (SSSR count). The van der Waals surface area contributed by atoms with Crippen LogP contribution in [0.3, 0.4) is 0 Å². The number of nitrogens with one attached hydrogen (secondary N) is 1. The van der Waals surface area contributed by atoms with Gasteiger partial charge >= 0.3 is 6.09 Å². The van der Waals surface area contributed by atoms with E-state index < -0.39 is 15.8 Å². The second kappa shape index (κ2) is 11.4. The summed E-state index contributed by atoms with van der Waals surface area (Å²) in [6.07, 6.45) is -0.575. The summed E-state index contributed by atoms with van der Waals surface area (Å²) in [4.78, 5) is 35.8. The third-order valence-electron chi connectivity index (χ3n) is 6.46. The molecule has 0 saturated carbocycles. The molecule has 4 aromatic carbocycles. The summed E-state index contributed by atoms with van der Waals surface area (Å²) in [5, 5.41) is 11.9. The van der Waals surface area contributed by atoms with Gasteiger partial charge in [-0.1, -0.05) is 103 Å². The molecule has 0 bridgehead atoms. The highest BCUT2D eigenvalue weighted by Gasteiger charge is 2.47. The second-order valence-electron chi connectivity index (χ2n) is 8.93. The zero-order valence-electron chi connectivity index (χ0n) is 20.8. The Kier molecular flexibility index (Phi) is 7.60. The number of nitro benzene ring substituents is 1. The number of thioether (sulfide) groups is 1. The molecule has 8 nitrogen and oxygen atoms in total. The monoisotopic (exact) mass is 539 g/mol. The lowest BCUT2D eigenvalue weighted by molar-refractivity contribution is -0.384. The second-order valence-corrected chi connectivity index (χ2v) is 10.3. The van der Waals surface area contributed by atoms with Gasteiger partial charge in [0, 0.05) is 12.1 Å². The standard InChI is InChI=1S/C30H25N3O5S/c34-27-20-28(32(27)31-29(35)38-21-22-11-10-18-26(19-22)33(36)37)39-30(23-12-4-1-5-13-23,24-14-6-2-7-15-24)25-16-8-3-9-17-25/h1-19,28H,20-21H2,(H,31,35)/t28-/m1/s1. The lowest BCUT2D eigenvalue weighted by atomic mass is 9.84. The van der Waals surface area contributed by atoms with E-state index in [4.69, 9.17) is 4.74 Å². The molecule has 39 heavy (non-hydrogen) atoms. The molecule has 1 aliphatic rings. The molecular weight excluding hydrogens is 514 g/mol. The number of ether oxygens (including phenoxy) is 1. The quantitative estimate of drug-likeness (QED) is 0.121. The summed E-state index contributed by atoms with van der Waals surface area (Å²) in [5.74, 6) is -0.233. The van der Waals surface area contributed by atoms with Crippen molar-refractivity contribution in [2.45, 2.75) is 23.1 Å². The fourth-order valence-corrected chi connectivity index (χ4v) is 6.31. The number of nitrogens with zero attached hydrogens (tertiary/aromatic N) is 2. The maximum atomic E-state index is 12.6. The summed E-state index contributed by atoms with van der Waals surface area (Å²) in [6.45, 7) is -0.171. The van der Waals surface area contributed by atoms with Crippen molar-refractivity contribution >= 4 is 29.4 Å². The van der Waals surface area contributed by atoms with Crippen LogP contribution >= 0.6 is 11.8 Å². The van der Waals surface area contributed by atoms with Crippen molar-refractivity contribution < 1.29 is 19.2 Å². The number of non-ortho nitro benzene ring substituents is 1. The average Bonchev–Trinajstić information content (AvgIpc) is 2.98. The number of hydrogen-bond acceptors (Lipinski definition) is 6. The van der Waals surface area contributed by atoms with Gasteiger partial charge in [-0.2, -0.15) is 0 Å². The number of carbonyl (C=O) groups excluding carboxylic acids is 2. The smallest absolute Gasteiger partial charge is 0.426 e. The molecule has 9 heteroatoms. The topological polar surface area (TPSA) is 102 Å². The lowest BCUT2D eigenvalue weighted by Crippen LogP contribution is -2.60. The third-order valence-corrected chi connectivity index (χ3v) is 8.17. The van der Waals surface area contributed by atoms with E-state index >= 15 is 0 Å². The first-order chi connectivity index (χ1) is 19.0. The average molecular weight is 540 g/mol. The lowest BCUT2D eigenvalue weighted by Gasteiger charge is -2.45. The largest absolute Gasteiger partial charge is 0.443 e. The molecule has 1 heterocycles. The maximum Gasteiger partial charge on any atom is 0.426 e. The van der Waals surface area contributed by atoms with E-state index in [0.29, 0.717) is 5.56 Å². The number of rotatable bonds is 9. The van der Waals surface area contributed by atoms with Crippen LogP contribution < -0.4 is 5.43 Å². The summed E-state index contributed by atoms with van der Waals surface area (Å²) in [6, 6.07) is 36.1. The van der Waals surface area contributed by atoms with Crippen LogP contribution in [0.25, 0.3) is 0 Å². The minimum Gasteiger partial charge on any atom is -0.443 e. The number of nitro groups is 1. The highest BCUT2D eigenvalue weighted by atomic mass is 32.2.